The van der Waals surface area contributed by atoms with E-state index in [0.29, 0.717) is 0 Å². The maximum Gasteiger partial charge on any atom is 0.214 e. The molecule has 18 nitrogen and oxygen atoms in total. The van der Waals surface area contributed by atoms with E-state index in [0.717, 1.165) is 0 Å². The van der Waals surface area contributed by atoms with Gasteiger partial charge in [0, 0.05) is 0 Å². The number of nitrogens with two attached hydrogens (primary N) is 4. The molecule has 3 aliphatic heterocycles. The third kappa shape index (κ3) is 6.55. The van der Waals surface area contributed by atoms with Crippen molar-refractivity contribution in [3.63, 3.8) is 0 Å². The first-order valence-electron chi connectivity index (χ1n) is 12.6. The first-order chi connectivity index (χ1) is 18.7. The van der Waals surface area contributed by atoms with Crippen molar-refractivity contribution in [2.45, 2.75) is 104 Å². The van der Waals surface area contributed by atoms with Crippen molar-refractivity contribution in [2.24, 2.45) is 27.9 Å². The van der Waals surface area contributed by atoms with Crippen molar-refractivity contribution >= 4 is 18.5 Å². The minimum Gasteiger partial charge on any atom is -0.394 e. The Kier molecular flexibility index (Phi) is 11.5. The number of aliphatic hydroxyl groups is 8. The first kappa shape index (κ1) is 33.7. The van der Waals surface area contributed by atoms with Crippen molar-refractivity contribution in [1.82, 2.24) is 0 Å². The lowest BCUT2D eigenvalue weighted by Crippen LogP contribution is -2.71. The summed E-state index contributed by atoms with van der Waals surface area (Å²) in [6, 6.07) is -4.15. The highest BCUT2D eigenvalue weighted by atomic mass is 32.1. The second-order valence-electron chi connectivity index (χ2n) is 10.0. The molecule has 3 unspecified atom stereocenters. The number of hydrogen-bond acceptors (Lipinski definition) is 18. The van der Waals surface area contributed by atoms with E-state index in [2.05, 4.69) is 17.6 Å². The van der Waals surface area contributed by atoms with Gasteiger partial charge in [0.05, 0.1) is 43.2 Å². The maximum atomic E-state index is 11.0. The average Bonchev–Trinajstić information content (AvgIpc) is 2.93. The summed E-state index contributed by atoms with van der Waals surface area (Å²) in [4.78, 5) is 4.01. The lowest BCUT2D eigenvalue weighted by atomic mass is 9.92. The third-order valence-electron chi connectivity index (χ3n) is 7.19. The molecule has 40 heavy (non-hydrogen) atoms. The zero-order chi connectivity index (χ0) is 30.1. The first-order valence-corrected chi connectivity index (χ1v) is 13.1. The standard InChI is InChI=1S/C21H41N5O13S/c1-5(40)17(25)26-21(4-29)16(33)13(32)10(24)20(39-21)38-15-7(3-28)36-19(9(23)12(15)31)37-14-6(2-27)35-18(34)8(22)11(14)30/h5-16,18-20,27-34,40H,2-4,22-24H2,1H3,(H2,25,26)/t5?,6-,7-,8-,9-,10-,11-,12-,13-,14?,15?,16+,18-,19+,20+,21-/m1/s1. The smallest absolute Gasteiger partial charge is 0.214 e. The second-order valence-corrected chi connectivity index (χ2v) is 10.8. The maximum absolute atomic E-state index is 11.0. The summed E-state index contributed by atoms with van der Waals surface area (Å²) < 4.78 is 28.0. The van der Waals surface area contributed by atoms with Crippen molar-refractivity contribution in [3.8, 4) is 0 Å². The summed E-state index contributed by atoms with van der Waals surface area (Å²) >= 11 is 4.14. The number of aliphatic imine (C=N–C) groups is 1. The van der Waals surface area contributed by atoms with Crippen LogP contribution in [0.3, 0.4) is 0 Å². The predicted molar refractivity (Wildman–Crippen MR) is 136 cm³/mol. The summed E-state index contributed by atoms with van der Waals surface area (Å²) in [5.41, 5.74) is 21.5. The van der Waals surface area contributed by atoms with Gasteiger partial charge in [-0.25, -0.2) is 4.99 Å². The van der Waals surface area contributed by atoms with Crippen LogP contribution in [0.4, 0.5) is 0 Å². The molecule has 0 saturated carbocycles. The number of thiol groups is 1. The highest BCUT2D eigenvalue weighted by Gasteiger charge is 2.56. The molecule has 0 bridgehead atoms. The molecule has 0 aromatic heterocycles. The van der Waals surface area contributed by atoms with Crippen LogP contribution in [0.25, 0.3) is 0 Å². The normalized spacial score (nSPS) is 49.6. The fraction of sp³-hybridized carbons (Fsp3) is 0.952. The van der Waals surface area contributed by atoms with Gasteiger partial charge in [-0.05, 0) is 6.92 Å². The fourth-order valence-electron chi connectivity index (χ4n) is 4.63. The fourth-order valence-corrected chi connectivity index (χ4v) is 4.69. The van der Waals surface area contributed by atoms with E-state index in [1.807, 2.05) is 0 Å². The molecule has 3 aliphatic rings. The quantitative estimate of drug-likeness (QED) is 0.0661. The largest absolute Gasteiger partial charge is 0.394 e. The third-order valence-corrected chi connectivity index (χ3v) is 7.46. The predicted octanol–water partition coefficient (Wildman–Crippen LogP) is -7.67. The Bertz CT molecular complexity index is 862. The number of amidine groups is 1. The lowest BCUT2D eigenvalue weighted by Gasteiger charge is -2.50. The van der Waals surface area contributed by atoms with Crippen LogP contribution >= 0.6 is 12.6 Å². The average molecular weight is 604 g/mol. The number of hydrogen-bond donors (Lipinski definition) is 13. The van der Waals surface area contributed by atoms with Gasteiger partial charge in [0.1, 0.15) is 54.7 Å². The molecule has 0 aromatic rings. The molecule has 3 fully saturated rings. The molecule has 234 valence electrons. The summed E-state index contributed by atoms with van der Waals surface area (Å²) in [6.07, 6.45) is -16.9. The van der Waals surface area contributed by atoms with Crippen LogP contribution < -0.4 is 22.9 Å². The van der Waals surface area contributed by atoms with Crippen LogP contribution in [0.15, 0.2) is 4.99 Å². The Morgan fingerprint density at radius 3 is 1.88 bits per heavy atom. The van der Waals surface area contributed by atoms with Gasteiger partial charge in [-0.15, -0.1) is 0 Å². The van der Waals surface area contributed by atoms with Crippen LogP contribution in [0.5, 0.6) is 0 Å². The number of ether oxygens (including phenoxy) is 5. The summed E-state index contributed by atoms with van der Waals surface area (Å²) in [5, 5.41) is 81.6. The lowest BCUT2D eigenvalue weighted by molar-refractivity contribution is -0.359. The van der Waals surface area contributed by atoms with E-state index < -0.39 is 117 Å². The minimum atomic E-state index is -2.22. The molecule has 19 heteroatoms. The Morgan fingerprint density at radius 1 is 0.850 bits per heavy atom. The van der Waals surface area contributed by atoms with E-state index in [4.69, 9.17) is 46.6 Å². The topological polar surface area (TPSA) is 324 Å². The summed E-state index contributed by atoms with van der Waals surface area (Å²) in [7, 11) is 0. The Hall–Kier alpha value is -0.820. The van der Waals surface area contributed by atoms with Crippen LogP contribution in [0.2, 0.25) is 0 Å². The van der Waals surface area contributed by atoms with E-state index in [-0.39, 0.29) is 5.84 Å². The van der Waals surface area contributed by atoms with E-state index in [1.165, 1.54) is 0 Å². The van der Waals surface area contributed by atoms with Gasteiger partial charge in [-0.2, -0.15) is 12.6 Å². The Labute approximate surface area is 234 Å². The molecular formula is C21H41N5O13S. The van der Waals surface area contributed by atoms with E-state index >= 15 is 0 Å². The molecule has 0 amide bonds. The summed E-state index contributed by atoms with van der Waals surface area (Å²) in [5.74, 6) is -0.142. The van der Waals surface area contributed by atoms with Gasteiger partial charge in [-0.1, -0.05) is 0 Å². The molecule has 3 rings (SSSR count). The van der Waals surface area contributed by atoms with Gasteiger partial charge in [0.2, 0.25) is 5.72 Å². The van der Waals surface area contributed by atoms with Crippen molar-refractivity contribution < 1.29 is 64.5 Å². The van der Waals surface area contributed by atoms with Gasteiger partial charge in [0.15, 0.2) is 18.9 Å². The number of aliphatic hydroxyl groups excluding tert-OH is 8. The number of nitrogens with zero attached hydrogens (tertiary/aromatic N) is 1. The van der Waals surface area contributed by atoms with Crippen LogP contribution in [0.1, 0.15) is 6.92 Å². The van der Waals surface area contributed by atoms with Crippen molar-refractivity contribution in [3.05, 3.63) is 0 Å². The molecular weight excluding hydrogens is 562 g/mol. The Morgan fingerprint density at radius 2 is 1.35 bits per heavy atom. The van der Waals surface area contributed by atoms with Gasteiger partial charge in [-0.3, -0.25) is 0 Å². The highest BCUT2D eigenvalue weighted by Crippen LogP contribution is 2.35. The monoisotopic (exact) mass is 603 g/mol. The molecule has 3 saturated heterocycles. The zero-order valence-corrected chi connectivity index (χ0v) is 22.5. The molecule has 3 heterocycles. The Balaban J connectivity index is 1.81. The van der Waals surface area contributed by atoms with E-state index in [9.17, 15) is 40.9 Å². The van der Waals surface area contributed by atoms with E-state index in [1.54, 1.807) is 6.92 Å². The molecule has 0 radical (unpaired) electrons. The molecule has 16 N–H and O–H groups in total. The molecule has 0 aromatic carbocycles. The van der Waals surface area contributed by atoms with Crippen molar-refractivity contribution in [1.29, 1.82) is 0 Å². The minimum absolute atomic E-state index is 0.142. The molecule has 16 atom stereocenters. The number of rotatable bonds is 9. The van der Waals surface area contributed by atoms with Crippen LogP contribution in [-0.4, -0.2) is 163 Å². The van der Waals surface area contributed by atoms with Crippen molar-refractivity contribution in [2.75, 3.05) is 19.8 Å². The molecule has 0 spiro atoms. The van der Waals surface area contributed by atoms with Crippen LogP contribution in [-0.2, 0) is 23.7 Å². The summed E-state index contributed by atoms with van der Waals surface area (Å²) in [6.45, 7) is -0.838. The van der Waals surface area contributed by atoms with Gasteiger partial charge < -0.3 is 87.5 Å². The SMILES string of the molecule is CC(S)/C(N)=N/[C@]1(CO)O[C@H](OC2[C@@H](CO)O[C@@H](OC3[C@@H](CO)O[C@@H](O)[C@H](N)[C@H]3O)[C@H](N)[C@H]2O)[C@H](N)[C@@H](O)[C@@H]1O. The zero-order valence-electron chi connectivity index (χ0n) is 21.6. The van der Waals surface area contributed by atoms with Crippen LogP contribution in [0, 0.1) is 0 Å². The highest BCUT2D eigenvalue weighted by molar-refractivity contribution is 7.81. The van der Waals surface area contributed by atoms with Gasteiger partial charge in [0.25, 0.3) is 0 Å². The second kappa shape index (κ2) is 13.7. The van der Waals surface area contributed by atoms with Gasteiger partial charge >= 0.3 is 0 Å². The molecule has 0 aliphatic carbocycles.